The van der Waals surface area contributed by atoms with Crippen LogP contribution in [-0.2, 0) is 13.6 Å². The van der Waals surface area contributed by atoms with E-state index in [1.54, 1.807) is 9.36 Å². The molecule has 3 aromatic rings. The van der Waals surface area contributed by atoms with Gasteiger partial charge in [0.2, 0.25) is 0 Å². The number of aromatic nitrogens is 5. The van der Waals surface area contributed by atoms with Crippen LogP contribution < -0.4 is 0 Å². The first-order valence-corrected chi connectivity index (χ1v) is 9.72. The molecule has 4 rings (SSSR count). The number of nitrogens with zero attached hydrogens (tertiary/aromatic N) is 6. The van der Waals surface area contributed by atoms with Gasteiger partial charge in [0.05, 0.1) is 35.5 Å². The number of amides is 1. The number of carbonyl (C=O) groups excluding carboxylic acids is 1. The van der Waals surface area contributed by atoms with Crippen molar-refractivity contribution in [3.8, 4) is 0 Å². The summed E-state index contributed by atoms with van der Waals surface area (Å²) >= 11 is 0. The Kier molecular flexibility index (Phi) is 4.89. The Morgan fingerprint density at radius 1 is 1.32 bits per heavy atom. The van der Waals surface area contributed by atoms with Crippen LogP contribution in [-0.4, -0.2) is 60.2 Å². The van der Waals surface area contributed by atoms with Gasteiger partial charge in [-0.05, 0) is 38.8 Å². The van der Waals surface area contributed by atoms with Gasteiger partial charge in [-0.3, -0.25) is 14.2 Å². The normalized spacial score (nSPS) is 17.4. The highest BCUT2D eigenvalue weighted by Gasteiger charge is 2.29. The molecule has 8 nitrogen and oxygen atoms in total. The summed E-state index contributed by atoms with van der Waals surface area (Å²) < 4.78 is 3.49. The summed E-state index contributed by atoms with van der Waals surface area (Å²) in [5.74, 6) is 0.247. The van der Waals surface area contributed by atoms with Crippen molar-refractivity contribution in [3.05, 3.63) is 41.0 Å². The maximum atomic E-state index is 13.4. The molecule has 1 atom stereocenters. The number of hydrogen-bond donors (Lipinski definition) is 1. The number of likely N-dealkylation sites (tertiary alicyclic amines) is 1. The molecule has 1 aliphatic heterocycles. The molecule has 148 valence electrons. The molecule has 0 spiro atoms. The molecule has 0 bridgehead atoms. The van der Waals surface area contributed by atoms with Crippen LogP contribution in [0.5, 0.6) is 0 Å². The van der Waals surface area contributed by atoms with E-state index in [1.165, 1.54) is 0 Å². The van der Waals surface area contributed by atoms with Gasteiger partial charge in [0.15, 0.2) is 5.65 Å². The first-order chi connectivity index (χ1) is 13.5. The number of hydrogen-bond acceptors (Lipinski definition) is 5. The molecule has 0 radical (unpaired) electrons. The molecule has 0 saturated carbocycles. The second-order valence-electron chi connectivity index (χ2n) is 7.54. The van der Waals surface area contributed by atoms with Crippen LogP contribution in [0.3, 0.4) is 0 Å². The third-order valence-electron chi connectivity index (χ3n) is 5.44. The second-order valence-corrected chi connectivity index (χ2v) is 7.54. The zero-order valence-electron chi connectivity index (χ0n) is 16.6. The third-order valence-corrected chi connectivity index (χ3v) is 5.44. The lowest BCUT2D eigenvalue weighted by Gasteiger charge is -2.32. The van der Waals surface area contributed by atoms with Gasteiger partial charge in [0.25, 0.3) is 5.91 Å². The lowest BCUT2D eigenvalue weighted by Crippen LogP contribution is -2.39. The smallest absolute Gasteiger partial charge is 0.254 e. The number of carbonyl (C=O) groups is 1. The van der Waals surface area contributed by atoms with E-state index in [-0.39, 0.29) is 18.4 Å². The molecule has 1 saturated heterocycles. The van der Waals surface area contributed by atoms with E-state index < -0.39 is 0 Å². The van der Waals surface area contributed by atoms with Crippen molar-refractivity contribution in [2.24, 2.45) is 7.05 Å². The number of rotatable bonds is 4. The van der Waals surface area contributed by atoms with Gasteiger partial charge in [-0.2, -0.15) is 10.2 Å². The largest absolute Gasteiger partial charge is 0.394 e. The van der Waals surface area contributed by atoms with E-state index >= 15 is 0 Å². The zero-order valence-corrected chi connectivity index (χ0v) is 16.6. The van der Waals surface area contributed by atoms with E-state index in [0.717, 1.165) is 47.5 Å². The van der Waals surface area contributed by atoms with Crippen molar-refractivity contribution in [1.29, 1.82) is 0 Å². The van der Waals surface area contributed by atoms with Crippen LogP contribution >= 0.6 is 0 Å². The Labute approximate surface area is 163 Å². The van der Waals surface area contributed by atoms with Crippen molar-refractivity contribution >= 4 is 16.9 Å². The van der Waals surface area contributed by atoms with Crippen LogP contribution in [0.15, 0.2) is 18.3 Å². The topological polar surface area (TPSA) is 89.1 Å². The fourth-order valence-electron chi connectivity index (χ4n) is 4.13. The Bertz CT molecular complexity index is 1020. The van der Waals surface area contributed by atoms with Gasteiger partial charge in [-0.25, -0.2) is 4.98 Å². The van der Waals surface area contributed by atoms with Crippen molar-refractivity contribution in [2.45, 2.75) is 39.2 Å². The van der Waals surface area contributed by atoms with Crippen molar-refractivity contribution in [2.75, 3.05) is 19.7 Å². The minimum absolute atomic E-state index is 0.0334. The monoisotopic (exact) mass is 382 g/mol. The molecule has 0 unspecified atom stereocenters. The molecule has 1 amide bonds. The van der Waals surface area contributed by atoms with Crippen LogP contribution in [0.2, 0.25) is 0 Å². The average molecular weight is 382 g/mol. The summed E-state index contributed by atoms with van der Waals surface area (Å²) in [5.41, 5.74) is 4.05. The van der Waals surface area contributed by atoms with E-state index in [1.807, 2.05) is 44.1 Å². The number of aliphatic hydroxyl groups excluding tert-OH is 1. The average Bonchev–Trinajstić information content (AvgIpc) is 3.26. The first-order valence-electron chi connectivity index (χ1n) is 9.72. The fraction of sp³-hybridized carbons (Fsp3) is 0.500. The minimum atomic E-state index is 0.0334. The first kappa shape index (κ1) is 18.6. The number of piperidine rings is 1. The summed E-state index contributed by atoms with van der Waals surface area (Å²) in [4.78, 5) is 19.9. The molecule has 28 heavy (non-hydrogen) atoms. The van der Waals surface area contributed by atoms with Gasteiger partial charge in [-0.15, -0.1) is 0 Å². The molecule has 0 aromatic carbocycles. The van der Waals surface area contributed by atoms with Gasteiger partial charge < -0.3 is 10.0 Å². The Morgan fingerprint density at radius 2 is 2.14 bits per heavy atom. The quantitative estimate of drug-likeness (QED) is 0.743. The lowest BCUT2D eigenvalue weighted by molar-refractivity contribution is 0.0707. The molecule has 4 heterocycles. The molecule has 1 fully saturated rings. The maximum Gasteiger partial charge on any atom is 0.254 e. The highest BCUT2D eigenvalue weighted by molar-refractivity contribution is 6.06. The summed E-state index contributed by atoms with van der Waals surface area (Å²) in [6, 6.07) is 3.87. The highest BCUT2D eigenvalue weighted by Crippen LogP contribution is 2.29. The van der Waals surface area contributed by atoms with Gasteiger partial charge in [0.1, 0.15) is 0 Å². The third kappa shape index (κ3) is 3.28. The standard InChI is InChI=1S/C20H26N6O2/c1-13-11-16(18-14(2)22-24(3)19(18)21-13)20(28)25-7-4-5-15(12-25)17-6-8-26(23-17)9-10-27/h6,8,11,15,27H,4-5,7,9-10,12H2,1-3H3/t15-/m1/s1. The van der Waals surface area contributed by atoms with Gasteiger partial charge >= 0.3 is 0 Å². The predicted molar refractivity (Wildman–Crippen MR) is 105 cm³/mol. The number of fused-ring (bicyclic) bond motifs is 1. The zero-order chi connectivity index (χ0) is 19.8. The number of pyridine rings is 1. The summed E-state index contributed by atoms with van der Waals surface area (Å²) in [6.07, 6.45) is 3.85. The Morgan fingerprint density at radius 3 is 2.93 bits per heavy atom. The number of aryl methyl sites for hydroxylation is 3. The van der Waals surface area contributed by atoms with Gasteiger partial charge in [0, 0.05) is 37.9 Å². The van der Waals surface area contributed by atoms with Crippen LogP contribution in [0.25, 0.3) is 11.0 Å². The van der Waals surface area contributed by atoms with E-state index in [0.29, 0.717) is 18.7 Å². The number of aliphatic hydroxyl groups is 1. The van der Waals surface area contributed by atoms with E-state index in [4.69, 9.17) is 5.11 Å². The highest BCUT2D eigenvalue weighted by atomic mass is 16.3. The molecule has 0 aliphatic carbocycles. The minimum Gasteiger partial charge on any atom is -0.394 e. The molecular weight excluding hydrogens is 356 g/mol. The maximum absolute atomic E-state index is 13.4. The molecule has 3 aromatic heterocycles. The van der Waals surface area contributed by atoms with Crippen LogP contribution in [0.4, 0.5) is 0 Å². The fourth-order valence-corrected chi connectivity index (χ4v) is 4.13. The van der Waals surface area contributed by atoms with Crippen molar-refractivity contribution in [1.82, 2.24) is 29.4 Å². The lowest BCUT2D eigenvalue weighted by atomic mass is 9.94. The SMILES string of the molecule is Cc1cc(C(=O)N2CCC[C@@H](c3ccn(CCO)n3)C2)c2c(C)nn(C)c2n1. The van der Waals surface area contributed by atoms with E-state index in [9.17, 15) is 4.79 Å². The van der Waals surface area contributed by atoms with E-state index in [2.05, 4.69) is 15.2 Å². The second kappa shape index (κ2) is 7.35. The molecule has 1 aliphatic rings. The molecule has 8 heteroatoms. The van der Waals surface area contributed by atoms with Gasteiger partial charge in [-0.1, -0.05) is 0 Å². The van der Waals surface area contributed by atoms with Crippen molar-refractivity contribution < 1.29 is 9.90 Å². The summed E-state index contributed by atoms with van der Waals surface area (Å²) in [7, 11) is 1.86. The van der Waals surface area contributed by atoms with Crippen molar-refractivity contribution in [3.63, 3.8) is 0 Å². The summed E-state index contributed by atoms with van der Waals surface area (Å²) in [6.45, 7) is 5.78. The Hall–Kier alpha value is -2.74. The van der Waals surface area contributed by atoms with Crippen LogP contribution in [0.1, 0.15) is 46.2 Å². The predicted octanol–water partition coefficient (Wildman–Crippen LogP) is 1.79. The Balaban J connectivity index is 1.62. The summed E-state index contributed by atoms with van der Waals surface area (Å²) in [5, 5.41) is 18.9. The molecular formula is C20H26N6O2. The molecule has 1 N–H and O–H groups in total. The van der Waals surface area contributed by atoms with Crippen LogP contribution in [0, 0.1) is 13.8 Å².